The lowest BCUT2D eigenvalue weighted by atomic mass is 9.85. The molecule has 0 aliphatic carbocycles. The number of carbonyl (C=O) groups is 1. The standard InChI is InChI=1S/C13H24O7/c1-4-12(17)19-6-5-18-11(3)20-10(2)13(7-14,8-15)9-16/h4,10-11,14-16H,1,5-9H2,2-3H3. The summed E-state index contributed by atoms with van der Waals surface area (Å²) in [6.45, 7) is 5.48. The van der Waals surface area contributed by atoms with Crippen LogP contribution in [0.2, 0.25) is 0 Å². The first-order chi connectivity index (χ1) is 9.45. The summed E-state index contributed by atoms with van der Waals surface area (Å²) in [7, 11) is 0. The molecule has 0 saturated heterocycles. The SMILES string of the molecule is C=CC(=O)OCCOC(C)OC(C)C(CO)(CO)CO. The number of aliphatic hydroxyl groups is 3. The number of hydrogen-bond donors (Lipinski definition) is 3. The van der Waals surface area contributed by atoms with E-state index in [2.05, 4.69) is 6.58 Å². The first-order valence-electron chi connectivity index (χ1n) is 6.34. The first-order valence-corrected chi connectivity index (χ1v) is 6.34. The maximum absolute atomic E-state index is 10.8. The van der Waals surface area contributed by atoms with E-state index in [1.165, 1.54) is 0 Å². The van der Waals surface area contributed by atoms with E-state index in [-0.39, 0.29) is 13.2 Å². The quantitative estimate of drug-likeness (QED) is 0.203. The highest BCUT2D eigenvalue weighted by Gasteiger charge is 2.36. The van der Waals surface area contributed by atoms with Crippen molar-refractivity contribution in [2.24, 2.45) is 5.41 Å². The molecule has 0 aliphatic rings. The number of esters is 1. The molecule has 0 fully saturated rings. The molecule has 2 unspecified atom stereocenters. The molecule has 0 aromatic heterocycles. The monoisotopic (exact) mass is 292 g/mol. The summed E-state index contributed by atoms with van der Waals surface area (Å²) < 4.78 is 15.4. The van der Waals surface area contributed by atoms with Crippen LogP contribution in [-0.2, 0) is 19.0 Å². The predicted molar refractivity (Wildman–Crippen MR) is 70.8 cm³/mol. The fourth-order valence-electron chi connectivity index (χ4n) is 1.42. The van der Waals surface area contributed by atoms with Crippen LogP contribution in [0.5, 0.6) is 0 Å². The summed E-state index contributed by atoms with van der Waals surface area (Å²) in [5.41, 5.74) is -1.13. The minimum Gasteiger partial charge on any atom is -0.460 e. The Kier molecular flexibility index (Phi) is 9.35. The number of ether oxygens (including phenoxy) is 3. The van der Waals surface area contributed by atoms with Crippen molar-refractivity contribution in [1.29, 1.82) is 0 Å². The summed E-state index contributed by atoms with van der Waals surface area (Å²) in [6, 6.07) is 0. The van der Waals surface area contributed by atoms with Gasteiger partial charge < -0.3 is 29.5 Å². The van der Waals surface area contributed by atoms with Crippen molar-refractivity contribution in [1.82, 2.24) is 0 Å². The van der Waals surface area contributed by atoms with Crippen LogP contribution in [0.15, 0.2) is 12.7 Å². The zero-order valence-corrected chi connectivity index (χ0v) is 11.9. The van der Waals surface area contributed by atoms with Crippen LogP contribution < -0.4 is 0 Å². The highest BCUT2D eigenvalue weighted by Crippen LogP contribution is 2.24. The molecule has 0 bridgehead atoms. The van der Waals surface area contributed by atoms with Gasteiger partial charge in [-0.25, -0.2) is 4.79 Å². The molecular formula is C13H24O7. The Bertz CT molecular complexity index is 280. The molecule has 7 heteroatoms. The first kappa shape index (κ1) is 19.0. The van der Waals surface area contributed by atoms with E-state index in [0.717, 1.165) is 6.08 Å². The molecule has 0 amide bonds. The fraction of sp³-hybridized carbons (Fsp3) is 0.769. The van der Waals surface area contributed by atoms with Crippen LogP contribution in [0.4, 0.5) is 0 Å². The molecule has 7 nitrogen and oxygen atoms in total. The number of aliphatic hydroxyl groups excluding tert-OH is 3. The third kappa shape index (κ3) is 5.98. The van der Waals surface area contributed by atoms with Crippen molar-refractivity contribution in [3.8, 4) is 0 Å². The Hall–Kier alpha value is -0.990. The van der Waals surface area contributed by atoms with Gasteiger partial charge in [-0.05, 0) is 13.8 Å². The second-order valence-corrected chi connectivity index (χ2v) is 4.43. The summed E-state index contributed by atoms with van der Waals surface area (Å²) in [5.74, 6) is -0.532. The lowest BCUT2D eigenvalue weighted by molar-refractivity contribution is -0.206. The highest BCUT2D eigenvalue weighted by molar-refractivity contribution is 5.81. The lowest BCUT2D eigenvalue weighted by Crippen LogP contribution is -2.46. The van der Waals surface area contributed by atoms with Gasteiger partial charge in [-0.1, -0.05) is 6.58 Å². The Morgan fingerprint density at radius 3 is 2.20 bits per heavy atom. The number of hydrogen-bond acceptors (Lipinski definition) is 7. The molecule has 3 N–H and O–H groups in total. The van der Waals surface area contributed by atoms with Gasteiger partial charge in [0.15, 0.2) is 6.29 Å². The molecule has 0 spiro atoms. The van der Waals surface area contributed by atoms with Crippen LogP contribution in [0.3, 0.4) is 0 Å². The molecule has 118 valence electrons. The van der Waals surface area contributed by atoms with Crippen molar-refractivity contribution < 1.29 is 34.3 Å². The molecule has 0 rings (SSSR count). The summed E-state index contributed by atoms with van der Waals surface area (Å²) in [5, 5.41) is 27.8. The van der Waals surface area contributed by atoms with Gasteiger partial charge in [0.25, 0.3) is 0 Å². The van der Waals surface area contributed by atoms with Crippen molar-refractivity contribution in [3.05, 3.63) is 12.7 Å². The average Bonchev–Trinajstić information content (AvgIpc) is 2.45. The molecule has 0 heterocycles. The zero-order chi connectivity index (χ0) is 15.6. The van der Waals surface area contributed by atoms with E-state index in [1.807, 2.05) is 0 Å². The fourth-order valence-corrected chi connectivity index (χ4v) is 1.42. The summed E-state index contributed by atoms with van der Waals surface area (Å²) in [6.07, 6.45) is -0.204. The lowest BCUT2D eigenvalue weighted by Gasteiger charge is -2.35. The van der Waals surface area contributed by atoms with Crippen LogP contribution in [-0.4, -0.2) is 66.7 Å². The van der Waals surface area contributed by atoms with E-state index >= 15 is 0 Å². The minimum atomic E-state index is -1.13. The van der Waals surface area contributed by atoms with Gasteiger partial charge in [-0.3, -0.25) is 0 Å². The smallest absolute Gasteiger partial charge is 0.330 e. The molecule has 0 radical (unpaired) electrons. The van der Waals surface area contributed by atoms with Gasteiger partial charge in [0.05, 0.1) is 37.9 Å². The Morgan fingerprint density at radius 1 is 1.20 bits per heavy atom. The third-order valence-corrected chi connectivity index (χ3v) is 3.05. The van der Waals surface area contributed by atoms with Crippen LogP contribution >= 0.6 is 0 Å². The van der Waals surface area contributed by atoms with Gasteiger partial charge in [0.1, 0.15) is 6.61 Å². The molecule has 0 aromatic rings. The van der Waals surface area contributed by atoms with Gasteiger partial charge >= 0.3 is 5.97 Å². The van der Waals surface area contributed by atoms with Gasteiger partial charge in [-0.15, -0.1) is 0 Å². The van der Waals surface area contributed by atoms with Crippen molar-refractivity contribution in [2.45, 2.75) is 26.2 Å². The van der Waals surface area contributed by atoms with E-state index in [1.54, 1.807) is 13.8 Å². The maximum atomic E-state index is 10.8. The molecule has 0 aromatic carbocycles. The highest BCUT2D eigenvalue weighted by atomic mass is 16.7. The molecule has 0 saturated carbocycles. The molecule has 20 heavy (non-hydrogen) atoms. The molecule has 0 aliphatic heterocycles. The maximum Gasteiger partial charge on any atom is 0.330 e. The Balaban J connectivity index is 4.09. The molecular weight excluding hydrogens is 268 g/mol. The van der Waals surface area contributed by atoms with E-state index in [0.29, 0.717) is 0 Å². The minimum absolute atomic E-state index is 0.0675. The van der Waals surface area contributed by atoms with Crippen LogP contribution in [0.25, 0.3) is 0 Å². The summed E-state index contributed by atoms with van der Waals surface area (Å²) in [4.78, 5) is 10.8. The number of rotatable bonds is 11. The van der Waals surface area contributed by atoms with Crippen molar-refractivity contribution >= 4 is 5.97 Å². The van der Waals surface area contributed by atoms with E-state index < -0.39 is 43.6 Å². The second-order valence-electron chi connectivity index (χ2n) is 4.43. The summed E-state index contributed by atoms with van der Waals surface area (Å²) >= 11 is 0. The molecule has 2 atom stereocenters. The average molecular weight is 292 g/mol. The Labute approximate surface area is 118 Å². The zero-order valence-electron chi connectivity index (χ0n) is 11.9. The van der Waals surface area contributed by atoms with Crippen LogP contribution in [0, 0.1) is 5.41 Å². The third-order valence-electron chi connectivity index (χ3n) is 3.05. The predicted octanol–water partition coefficient (Wildman–Crippen LogP) is -0.553. The van der Waals surface area contributed by atoms with Crippen molar-refractivity contribution in [2.75, 3.05) is 33.0 Å². The van der Waals surface area contributed by atoms with E-state index in [9.17, 15) is 20.1 Å². The van der Waals surface area contributed by atoms with Crippen LogP contribution in [0.1, 0.15) is 13.8 Å². The number of carbonyl (C=O) groups excluding carboxylic acids is 1. The van der Waals surface area contributed by atoms with E-state index in [4.69, 9.17) is 14.2 Å². The van der Waals surface area contributed by atoms with Gasteiger partial charge in [-0.2, -0.15) is 0 Å². The second kappa shape index (κ2) is 9.84. The normalized spacial score (nSPS) is 14.7. The van der Waals surface area contributed by atoms with Crippen molar-refractivity contribution in [3.63, 3.8) is 0 Å². The largest absolute Gasteiger partial charge is 0.460 e. The Morgan fingerprint density at radius 2 is 1.75 bits per heavy atom. The topological polar surface area (TPSA) is 105 Å². The van der Waals surface area contributed by atoms with Gasteiger partial charge in [0.2, 0.25) is 0 Å². The van der Waals surface area contributed by atoms with Gasteiger partial charge in [0, 0.05) is 6.08 Å².